The molecule has 0 saturated carbocycles. The molecular weight excluding hydrogens is 410 g/mol. The Bertz CT molecular complexity index is 1070. The number of hydrogen-bond donors (Lipinski definition) is 3. The highest BCUT2D eigenvalue weighted by atomic mass is 32.1. The SMILES string of the molecule is Cc1c(C2C(=O)NCCC2C)nn(C(=O)c2ccsc2)c1NCc1ccc(CN)cc1. The van der Waals surface area contributed by atoms with E-state index < -0.39 is 0 Å². The van der Waals surface area contributed by atoms with Crippen molar-refractivity contribution >= 4 is 29.0 Å². The lowest BCUT2D eigenvalue weighted by Gasteiger charge is -2.27. The van der Waals surface area contributed by atoms with Gasteiger partial charge in [0.05, 0.1) is 17.2 Å². The van der Waals surface area contributed by atoms with Crippen LogP contribution in [0.5, 0.6) is 0 Å². The summed E-state index contributed by atoms with van der Waals surface area (Å²) in [4.78, 5) is 25.8. The van der Waals surface area contributed by atoms with Crippen molar-refractivity contribution in [3.05, 3.63) is 69.0 Å². The van der Waals surface area contributed by atoms with Crippen LogP contribution in [0.2, 0.25) is 0 Å². The van der Waals surface area contributed by atoms with Crippen LogP contribution in [-0.2, 0) is 17.9 Å². The zero-order valence-corrected chi connectivity index (χ0v) is 18.5. The number of rotatable bonds is 6. The number of thiophene rings is 1. The molecule has 0 radical (unpaired) electrons. The smallest absolute Gasteiger partial charge is 0.280 e. The largest absolute Gasteiger partial charge is 0.366 e. The molecular formula is C23H27N5O2S. The fraction of sp³-hybridized carbons (Fsp3) is 0.348. The molecule has 4 rings (SSSR count). The molecule has 1 amide bonds. The lowest BCUT2D eigenvalue weighted by atomic mass is 9.83. The summed E-state index contributed by atoms with van der Waals surface area (Å²) < 4.78 is 1.41. The monoisotopic (exact) mass is 437 g/mol. The number of nitrogens with one attached hydrogen (secondary N) is 2. The first-order valence-corrected chi connectivity index (χ1v) is 11.4. The molecule has 1 saturated heterocycles. The second kappa shape index (κ2) is 9.03. The predicted molar refractivity (Wildman–Crippen MR) is 122 cm³/mol. The summed E-state index contributed by atoms with van der Waals surface area (Å²) in [6.07, 6.45) is 0.886. The number of hydrogen-bond acceptors (Lipinski definition) is 6. The fourth-order valence-electron chi connectivity index (χ4n) is 4.00. The Kier molecular flexibility index (Phi) is 6.20. The molecule has 1 aromatic carbocycles. The van der Waals surface area contributed by atoms with E-state index in [0.717, 1.165) is 23.1 Å². The standard InChI is InChI=1S/C23H27N5O2S/c1-14-7-9-25-22(29)19(14)20-15(2)21(26-12-17-5-3-16(11-24)4-6-17)28(27-20)23(30)18-8-10-31-13-18/h3-6,8,10,13-14,19,26H,7,9,11-12,24H2,1-2H3,(H,25,29). The summed E-state index contributed by atoms with van der Waals surface area (Å²) in [5, 5.41) is 14.7. The average molecular weight is 438 g/mol. The van der Waals surface area contributed by atoms with E-state index in [0.29, 0.717) is 36.7 Å². The van der Waals surface area contributed by atoms with Gasteiger partial charge in [-0.25, -0.2) is 0 Å². The van der Waals surface area contributed by atoms with Gasteiger partial charge in [-0.3, -0.25) is 9.59 Å². The van der Waals surface area contributed by atoms with E-state index in [1.807, 2.05) is 41.9 Å². The van der Waals surface area contributed by atoms with Crippen LogP contribution in [0.25, 0.3) is 0 Å². The van der Waals surface area contributed by atoms with E-state index in [4.69, 9.17) is 5.73 Å². The summed E-state index contributed by atoms with van der Waals surface area (Å²) >= 11 is 1.47. The molecule has 2 atom stereocenters. The van der Waals surface area contributed by atoms with Gasteiger partial charge in [0.1, 0.15) is 5.82 Å². The van der Waals surface area contributed by atoms with Crippen molar-refractivity contribution in [3.63, 3.8) is 0 Å². The van der Waals surface area contributed by atoms with Gasteiger partial charge in [0, 0.05) is 30.6 Å². The van der Waals surface area contributed by atoms with Gasteiger partial charge in [0.2, 0.25) is 5.91 Å². The normalized spacial score (nSPS) is 18.6. The highest BCUT2D eigenvalue weighted by molar-refractivity contribution is 7.08. The van der Waals surface area contributed by atoms with Crippen LogP contribution < -0.4 is 16.4 Å². The topological polar surface area (TPSA) is 102 Å². The summed E-state index contributed by atoms with van der Waals surface area (Å²) in [6, 6.07) is 9.82. The van der Waals surface area contributed by atoms with Crippen LogP contribution in [-0.4, -0.2) is 28.1 Å². The van der Waals surface area contributed by atoms with Crippen molar-refractivity contribution in [1.82, 2.24) is 15.1 Å². The third kappa shape index (κ3) is 4.26. The molecule has 3 heterocycles. The minimum atomic E-state index is -0.366. The highest BCUT2D eigenvalue weighted by Gasteiger charge is 2.35. The fourth-order valence-corrected chi connectivity index (χ4v) is 4.63. The van der Waals surface area contributed by atoms with Gasteiger partial charge in [-0.15, -0.1) is 0 Å². The molecule has 162 valence electrons. The first-order chi connectivity index (χ1) is 15.0. The van der Waals surface area contributed by atoms with E-state index in [1.54, 1.807) is 6.07 Å². The average Bonchev–Trinajstić information content (AvgIpc) is 3.41. The maximum atomic E-state index is 13.2. The van der Waals surface area contributed by atoms with Gasteiger partial charge in [-0.2, -0.15) is 21.1 Å². The van der Waals surface area contributed by atoms with Gasteiger partial charge in [0.25, 0.3) is 5.91 Å². The van der Waals surface area contributed by atoms with Gasteiger partial charge in [0.15, 0.2) is 0 Å². The summed E-state index contributed by atoms with van der Waals surface area (Å²) in [5.74, 6) is 0.178. The quantitative estimate of drug-likeness (QED) is 0.549. The zero-order valence-electron chi connectivity index (χ0n) is 17.7. The number of nitrogens with zero attached hydrogens (tertiary/aromatic N) is 2. The molecule has 4 N–H and O–H groups in total. The molecule has 2 aromatic heterocycles. The molecule has 8 heteroatoms. The van der Waals surface area contributed by atoms with Gasteiger partial charge in [-0.05, 0) is 41.8 Å². The molecule has 7 nitrogen and oxygen atoms in total. The van der Waals surface area contributed by atoms with E-state index in [1.165, 1.54) is 16.0 Å². The molecule has 1 aliphatic heterocycles. The van der Waals surface area contributed by atoms with Gasteiger partial charge < -0.3 is 16.4 Å². The lowest BCUT2D eigenvalue weighted by Crippen LogP contribution is -2.40. The van der Waals surface area contributed by atoms with E-state index >= 15 is 0 Å². The van der Waals surface area contributed by atoms with E-state index in [-0.39, 0.29) is 23.7 Å². The summed E-state index contributed by atoms with van der Waals surface area (Å²) in [7, 11) is 0. The van der Waals surface area contributed by atoms with Crippen LogP contribution in [0.3, 0.4) is 0 Å². The first kappa shape index (κ1) is 21.3. The second-order valence-corrected chi connectivity index (χ2v) is 8.78. The number of carbonyl (C=O) groups is 2. The molecule has 2 unspecified atom stereocenters. The van der Waals surface area contributed by atoms with Crippen molar-refractivity contribution in [2.75, 3.05) is 11.9 Å². The molecule has 31 heavy (non-hydrogen) atoms. The molecule has 3 aromatic rings. The first-order valence-electron chi connectivity index (χ1n) is 10.5. The molecule has 0 aliphatic carbocycles. The van der Waals surface area contributed by atoms with Crippen LogP contribution in [0, 0.1) is 12.8 Å². The molecule has 0 bridgehead atoms. The maximum absolute atomic E-state index is 13.2. The van der Waals surface area contributed by atoms with Crippen LogP contribution >= 0.6 is 11.3 Å². The summed E-state index contributed by atoms with van der Waals surface area (Å²) in [6.45, 7) is 5.69. The predicted octanol–water partition coefficient (Wildman–Crippen LogP) is 3.25. The number of carbonyl (C=O) groups excluding carboxylic acids is 2. The van der Waals surface area contributed by atoms with Crippen LogP contribution in [0.15, 0.2) is 41.1 Å². The molecule has 0 spiro atoms. The summed E-state index contributed by atoms with van der Waals surface area (Å²) in [5.41, 5.74) is 9.89. The van der Waals surface area contributed by atoms with Crippen molar-refractivity contribution in [2.24, 2.45) is 11.7 Å². The van der Waals surface area contributed by atoms with Crippen molar-refractivity contribution in [2.45, 2.75) is 39.3 Å². The van der Waals surface area contributed by atoms with Crippen molar-refractivity contribution in [1.29, 1.82) is 0 Å². The number of piperidine rings is 1. The Balaban J connectivity index is 1.69. The number of anilines is 1. The third-order valence-corrected chi connectivity index (χ3v) is 6.57. The van der Waals surface area contributed by atoms with Gasteiger partial charge >= 0.3 is 0 Å². The molecule has 1 aliphatic rings. The van der Waals surface area contributed by atoms with Crippen molar-refractivity contribution in [3.8, 4) is 0 Å². The minimum absolute atomic E-state index is 0.0293. The minimum Gasteiger partial charge on any atom is -0.366 e. The third-order valence-electron chi connectivity index (χ3n) is 5.88. The number of aromatic nitrogens is 2. The number of benzene rings is 1. The Morgan fingerprint density at radius 2 is 2.03 bits per heavy atom. The Hall–Kier alpha value is -2.97. The maximum Gasteiger partial charge on any atom is 0.280 e. The Labute approximate surface area is 185 Å². The van der Waals surface area contributed by atoms with E-state index in [2.05, 4.69) is 22.7 Å². The number of amides is 1. The number of nitrogens with two attached hydrogens (primary N) is 1. The van der Waals surface area contributed by atoms with Crippen molar-refractivity contribution < 1.29 is 9.59 Å². The van der Waals surface area contributed by atoms with E-state index in [9.17, 15) is 9.59 Å². The molecule has 1 fully saturated rings. The second-order valence-electron chi connectivity index (χ2n) is 8.00. The van der Waals surface area contributed by atoms with Crippen LogP contribution in [0.1, 0.15) is 52.0 Å². The van der Waals surface area contributed by atoms with Crippen LogP contribution in [0.4, 0.5) is 5.82 Å². The highest BCUT2D eigenvalue weighted by Crippen LogP contribution is 2.34. The van der Waals surface area contributed by atoms with Gasteiger partial charge in [-0.1, -0.05) is 31.2 Å². The zero-order chi connectivity index (χ0) is 22.0. The Morgan fingerprint density at radius 3 is 2.68 bits per heavy atom. The lowest BCUT2D eigenvalue weighted by molar-refractivity contribution is -0.125. The Morgan fingerprint density at radius 1 is 1.29 bits per heavy atom.